The summed E-state index contributed by atoms with van der Waals surface area (Å²) in [6.45, 7) is 5.31. The minimum Gasteiger partial charge on any atom is -0.480 e. The van der Waals surface area contributed by atoms with Crippen molar-refractivity contribution in [2.24, 2.45) is 0 Å². The molecule has 0 aromatic rings. The van der Waals surface area contributed by atoms with Gasteiger partial charge in [0.05, 0.1) is 12.7 Å². The first-order valence-electron chi connectivity index (χ1n) is 8.39. The zero-order valence-corrected chi connectivity index (χ0v) is 13.4. The van der Waals surface area contributed by atoms with E-state index < -0.39 is 5.97 Å². The van der Waals surface area contributed by atoms with Crippen molar-refractivity contribution in [2.75, 3.05) is 13.1 Å². The number of aliphatic carboxylic acids is 1. The van der Waals surface area contributed by atoms with E-state index in [0.717, 1.165) is 13.0 Å². The summed E-state index contributed by atoms with van der Waals surface area (Å²) in [6, 6.07) is 0. The van der Waals surface area contributed by atoms with Crippen LogP contribution in [0.3, 0.4) is 0 Å². The maximum atomic E-state index is 10.5. The largest absolute Gasteiger partial charge is 0.480 e. The maximum absolute atomic E-state index is 10.5. The topological polar surface area (TPSA) is 61.4 Å². The average molecular weight is 286 g/mol. The standard InChI is InChI=1S/C16H34N2O2/c1-3-5-6-7-8-9-10-11-12-13-17-15(4-2)18-14-16(19)20/h15,17-18H,3-14H2,1-2H3,(H,19,20). The highest BCUT2D eigenvalue weighted by Crippen LogP contribution is 2.09. The van der Waals surface area contributed by atoms with Crippen molar-refractivity contribution < 1.29 is 9.90 Å². The van der Waals surface area contributed by atoms with Crippen molar-refractivity contribution >= 4 is 5.97 Å². The smallest absolute Gasteiger partial charge is 0.317 e. The van der Waals surface area contributed by atoms with Gasteiger partial charge in [-0.15, -0.1) is 0 Å². The molecule has 0 amide bonds. The summed E-state index contributed by atoms with van der Waals surface area (Å²) in [7, 11) is 0. The van der Waals surface area contributed by atoms with Crippen molar-refractivity contribution in [1.29, 1.82) is 0 Å². The molecule has 0 aromatic heterocycles. The van der Waals surface area contributed by atoms with E-state index >= 15 is 0 Å². The lowest BCUT2D eigenvalue weighted by molar-refractivity contribution is -0.136. The van der Waals surface area contributed by atoms with Gasteiger partial charge in [0.1, 0.15) is 0 Å². The van der Waals surface area contributed by atoms with Crippen LogP contribution in [0.1, 0.15) is 78.1 Å². The molecule has 0 fully saturated rings. The molecule has 1 unspecified atom stereocenters. The van der Waals surface area contributed by atoms with Crippen molar-refractivity contribution in [3.63, 3.8) is 0 Å². The van der Waals surface area contributed by atoms with Crippen LogP contribution in [0, 0.1) is 0 Å². The Labute approximate surface area is 124 Å². The third kappa shape index (κ3) is 13.8. The molecule has 0 aromatic carbocycles. The Kier molecular flexibility index (Phi) is 14.3. The van der Waals surface area contributed by atoms with Gasteiger partial charge < -0.3 is 10.4 Å². The molecule has 3 N–H and O–H groups in total. The Morgan fingerprint density at radius 1 is 0.900 bits per heavy atom. The molecule has 4 heteroatoms. The van der Waals surface area contributed by atoms with Crippen LogP contribution in [0.15, 0.2) is 0 Å². The first-order chi connectivity index (χ1) is 9.70. The Morgan fingerprint density at radius 3 is 1.95 bits per heavy atom. The number of rotatable bonds is 15. The molecule has 0 aliphatic carbocycles. The minimum absolute atomic E-state index is 0.0310. The Bertz CT molecular complexity index is 223. The van der Waals surface area contributed by atoms with E-state index in [9.17, 15) is 4.79 Å². The van der Waals surface area contributed by atoms with Crippen molar-refractivity contribution in [1.82, 2.24) is 10.6 Å². The summed E-state index contributed by atoms with van der Waals surface area (Å²) < 4.78 is 0. The van der Waals surface area contributed by atoms with Crippen LogP contribution in [0.4, 0.5) is 0 Å². The van der Waals surface area contributed by atoms with Gasteiger partial charge in [0, 0.05) is 0 Å². The van der Waals surface area contributed by atoms with Crippen molar-refractivity contribution in [2.45, 2.75) is 84.2 Å². The summed E-state index contributed by atoms with van der Waals surface area (Å²) >= 11 is 0. The second-order valence-corrected chi connectivity index (χ2v) is 5.52. The van der Waals surface area contributed by atoms with Crippen LogP contribution in [0.25, 0.3) is 0 Å². The molecule has 0 saturated heterocycles. The lowest BCUT2D eigenvalue weighted by atomic mass is 10.1. The first-order valence-corrected chi connectivity index (χ1v) is 8.39. The predicted molar refractivity (Wildman–Crippen MR) is 84.9 cm³/mol. The Hall–Kier alpha value is -0.610. The van der Waals surface area contributed by atoms with Gasteiger partial charge in [-0.25, -0.2) is 0 Å². The molecule has 1 atom stereocenters. The normalized spacial score (nSPS) is 12.5. The second kappa shape index (κ2) is 14.8. The van der Waals surface area contributed by atoms with Gasteiger partial charge in [-0.2, -0.15) is 0 Å². The molecule has 0 saturated carbocycles. The van der Waals surface area contributed by atoms with Crippen molar-refractivity contribution in [3.05, 3.63) is 0 Å². The van der Waals surface area contributed by atoms with Crippen molar-refractivity contribution in [3.8, 4) is 0 Å². The molecule has 4 nitrogen and oxygen atoms in total. The van der Waals surface area contributed by atoms with Crippen LogP contribution < -0.4 is 10.6 Å². The molecule has 0 spiro atoms. The number of nitrogens with one attached hydrogen (secondary N) is 2. The summed E-state index contributed by atoms with van der Waals surface area (Å²) in [4.78, 5) is 10.5. The van der Waals surface area contributed by atoms with Crippen LogP contribution in [0.2, 0.25) is 0 Å². The molecular weight excluding hydrogens is 252 g/mol. The molecule has 0 aliphatic rings. The summed E-state index contributed by atoms with van der Waals surface area (Å²) in [6.07, 6.45) is 13.0. The van der Waals surface area contributed by atoms with Crippen LogP contribution in [0.5, 0.6) is 0 Å². The van der Waals surface area contributed by atoms with E-state index in [1.165, 1.54) is 57.8 Å². The number of unbranched alkanes of at least 4 members (excludes halogenated alkanes) is 8. The van der Waals surface area contributed by atoms with E-state index in [1.807, 2.05) is 0 Å². The van der Waals surface area contributed by atoms with Crippen LogP contribution in [-0.4, -0.2) is 30.3 Å². The zero-order chi connectivity index (χ0) is 15.1. The number of carboxylic acid groups (broad SMARTS) is 1. The van der Waals surface area contributed by atoms with Gasteiger partial charge in [-0.3, -0.25) is 10.1 Å². The van der Waals surface area contributed by atoms with Crippen LogP contribution in [-0.2, 0) is 4.79 Å². The fourth-order valence-corrected chi connectivity index (χ4v) is 2.28. The minimum atomic E-state index is -0.798. The van der Waals surface area contributed by atoms with Gasteiger partial charge in [-0.05, 0) is 19.4 Å². The SMILES string of the molecule is CCCCCCCCCCCNC(CC)NCC(=O)O. The molecule has 0 aliphatic heterocycles. The average Bonchev–Trinajstić information content (AvgIpc) is 2.44. The highest BCUT2D eigenvalue weighted by molar-refractivity contribution is 5.69. The quantitative estimate of drug-likeness (QED) is 0.318. The van der Waals surface area contributed by atoms with E-state index in [4.69, 9.17) is 5.11 Å². The number of hydrogen-bond donors (Lipinski definition) is 3. The van der Waals surface area contributed by atoms with Gasteiger partial charge in [0.25, 0.3) is 0 Å². The molecule has 0 heterocycles. The third-order valence-corrected chi connectivity index (χ3v) is 3.58. The third-order valence-electron chi connectivity index (χ3n) is 3.58. The van der Waals surface area contributed by atoms with Crippen LogP contribution >= 0.6 is 0 Å². The van der Waals surface area contributed by atoms with Gasteiger partial charge in [-0.1, -0.05) is 65.2 Å². The number of hydrogen-bond acceptors (Lipinski definition) is 3. The highest BCUT2D eigenvalue weighted by Gasteiger charge is 2.05. The zero-order valence-electron chi connectivity index (χ0n) is 13.4. The lowest BCUT2D eigenvalue weighted by Crippen LogP contribution is -2.44. The maximum Gasteiger partial charge on any atom is 0.317 e. The fourth-order valence-electron chi connectivity index (χ4n) is 2.28. The first kappa shape index (κ1) is 19.4. The van der Waals surface area contributed by atoms with Gasteiger partial charge in [0.2, 0.25) is 0 Å². The summed E-state index contributed by atoms with van der Waals surface area (Å²) in [5.74, 6) is -0.798. The van der Waals surface area contributed by atoms with E-state index in [1.54, 1.807) is 0 Å². The Morgan fingerprint density at radius 2 is 1.45 bits per heavy atom. The summed E-state index contributed by atoms with van der Waals surface area (Å²) in [5, 5.41) is 15.0. The van der Waals surface area contributed by atoms with Gasteiger partial charge in [0.15, 0.2) is 0 Å². The molecule has 0 radical (unpaired) electrons. The van der Waals surface area contributed by atoms with E-state index in [2.05, 4.69) is 24.5 Å². The lowest BCUT2D eigenvalue weighted by Gasteiger charge is -2.17. The predicted octanol–water partition coefficient (Wildman–Crippen LogP) is 3.52. The molecule has 0 bridgehead atoms. The van der Waals surface area contributed by atoms with Gasteiger partial charge >= 0.3 is 5.97 Å². The Balaban J connectivity index is 3.26. The summed E-state index contributed by atoms with van der Waals surface area (Å²) in [5.41, 5.74) is 0. The molecule has 20 heavy (non-hydrogen) atoms. The van der Waals surface area contributed by atoms with E-state index in [0.29, 0.717) is 0 Å². The number of carboxylic acids is 1. The monoisotopic (exact) mass is 286 g/mol. The molecule has 120 valence electrons. The van der Waals surface area contributed by atoms with E-state index in [-0.39, 0.29) is 12.7 Å². The fraction of sp³-hybridized carbons (Fsp3) is 0.938. The second-order valence-electron chi connectivity index (χ2n) is 5.52. The molecular formula is C16H34N2O2. The molecule has 0 rings (SSSR count). The highest BCUT2D eigenvalue weighted by atomic mass is 16.4. The number of carbonyl (C=O) groups is 1.